The number of imidazole rings is 1. The number of nitrogen functional groups attached to an aromatic ring is 1. The van der Waals surface area contributed by atoms with Gasteiger partial charge in [-0.25, -0.2) is 4.98 Å². The second-order valence-electron chi connectivity index (χ2n) is 3.98. The van der Waals surface area contributed by atoms with Gasteiger partial charge in [0.25, 0.3) is 0 Å². The van der Waals surface area contributed by atoms with Crippen LogP contribution in [0.1, 0.15) is 0 Å². The number of fused-ring (bicyclic) bond motifs is 1. The summed E-state index contributed by atoms with van der Waals surface area (Å²) >= 11 is 9.33. The van der Waals surface area contributed by atoms with Crippen LogP contribution < -0.4 is 5.73 Å². The molecule has 0 amide bonds. The Bertz CT molecular complexity index is 736. The number of nitrogens with two attached hydrogens (primary N) is 1. The lowest BCUT2D eigenvalue weighted by Gasteiger charge is -2.02. The molecule has 90 valence electrons. The van der Waals surface area contributed by atoms with E-state index in [2.05, 4.69) is 25.9 Å². The molecular weight excluding hydrogens is 314 g/mol. The first kappa shape index (κ1) is 11.6. The zero-order chi connectivity index (χ0) is 12.7. The van der Waals surface area contributed by atoms with Gasteiger partial charge < -0.3 is 10.7 Å². The van der Waals surface area contributed by atoms with E-state index in [4.69, 9.17) is 17.3 Å². The quantitative estimate of drug-likeness (QED) is 0.659. The van der Waals surface area contributed by atoms with Crippen molar-refractivity contribution in [3.63, 3.8) is 0 Å². The number of benzene rings is 2. The Morgan fingerprint density at radius 2 is 2.00 bits per heavy atom. The highest BCUT2D eigenvalue weighted by Gasteiger charge is 2.08. The number of hydrogen-bond donors (Lipinski definition) is 2. The molecule has 0 aliphatic carbocycles. The number of halogens is 2. The Morgan fingerprint density at radius 3 is 2.78 bits per heavy atom. The minimum atomic E-state index is 0.675. The van der Waals surface area contributed by atoms with Crippen molar-refractivity contribution in [2.24, 2.45) is 0 Å². The fourth-order valence-electron chi connectivity index (χ4n) is 1.86. The van der Waals surface area contributed by atoms with E-state index < -0.39 is 0 Å². The average Bonchev–Trinajstić information content (AvgIpc) is 2.71. The molecular formula is C13H9BrClN3. The van der Waals surface area contributed by atoms with E-state index in [0.29, 0.717) is 10.7 Å². The first-order valence-corrected chi connectivity index (χ1v) is 6.51. The Labute approximate surface area is 117 Å². The van der Waals surface area contributed by atoms with E-state index in [1.54, 1.807) is 0 Å². The fourth-order valence-corrected chi connectivity index (χ4v) is 2.41. The number of aromatic nitrogens is 2. The van der Waals surface area contributed by atoms with Crippen molar-refractivity contribution >= 4 is 44.3 Å². The van der Waals surface area contributed by atoms with Gasteiger partial charge in [-0.2, -0.15) is 0 Å². The van der Waals surface area contributed by atoms with Gasteiger partial charge in [0.05, 0.1) is 11.0 Å². The minimum absolute atomic E-state index is 0.675. The van der Waals surface area contributed by atoms with Crippen LogP contribution in [0.2, 0.25) is 5.02 Å². The van der Waals surface area contributed by atoms with Crippen LogP contribution in [-0.2, 0) is 0 Å². The molecule has 0 bridgehead atoms. The van der Waals surface area contributed by atoms with Gasteiger partial charge in [-0.3, -0.25) is 0 Å². The Balaban J connectivity index is 2.19. The molecule has 0 radical (unpaired) electrons. The average molecular weight is 323 g/mol. The van der Waals surface area contributed by atoms with E-state index in [1.165, 1.54) is 0 Å². The van der Waals surface area contributed by atoms with Crippen molar-refractivity contribution < 1.29 is 0 Å². The van der Waals surface area contributed by atoms with E-state index in [0.717, 1.165) is 26.9 Å². The minimum Gasteiger partial charge on any atom is -0.398 e. The second kappa shape index (κ2) is 4.30. The van der Waals surface area contributed by atoms with Gasteiger partial charge in [-0.05, 0) is 36.4 Å². The Hall–Kier alpha value is -1.52. The molecule has 2 aromatic carbocycles. The third-order valence-corrected chi connectivity index (χ3v) is 3.44. The maximum absolute atomic E-state index is 5.99. The molecule has 3 N–H and O–H groups in total. The number of H-pyrrole nitrogens is 1. The Morgan fingerprint density at radius 1 is 1.17 bits per heavy atom. The number of aromatic amines is 1. The van der Waals surface area contributed by atoms with Gasteiger partial charge in [-0.1, -0.05) is 27.5 Å². The van der Waals surface area contributed by atoms with Gasteiger partial charge in [0.2, 0.25) is 0 Å². The lowest BCUT2D eigenvalue weighted by atomic mass is 10.2. The first-order valence-electron chi connectivity index (χ1n) is 5.34. The van der Waals surface area contributed by atoms with Crippen molar-refractivity contribution in [3.05, 3.63) is 45.9 Å². The third kappa shape index (κ3) is 1.98. The van der Waals surface area contributed by atoms with E-state index >= 15 is 0 Å². The summed E-state index contributed by atoms with van der Waals surface area (Å²) in [6, 6.07) is 11.3. The van der Waals surface area contributed by atoms with Gasteiger partial charge in [0, 0.05) is 20.7 Å². The van der Waals surface area contributed by atoms with Gasteiger partial charge >= 0.3 is 0 Å². The fraction of sp³-hybridized carbons (Fsp3) is 0. The summed E-state index contributed by atoms with van der Waals surface area (Å²) in [5.74, 6) is 0.747. The molecule has 3 aromatic rings. The van der Waals surface area contributed by atoms with Crippen LogP contribution >= 0.6 is 27.5 Å². The molecule has 0 aliphatic heterocycles. The first-order chi connectivity index (χ1) is 8.63. The van der Waals surface area contributed by atoms with E-state index in [9.17, 15) is 0 Å². The number of anilines is 1. The highest BCUT2D eigenvalue weighted by atomic mass is 79.9. The highest BCUT2D eigenvalue weighted by Crippen LogP contribution is 2.28. The molecule has 0 unspecified atom stereocenters. The molecule has 0 saturated carbocycles. The summed E-state index contributed by atoms with van der Waals surface area (Å²) in [6.45, 7) is 0. The molecule has 3 rings (SSSR count). The van der Waals surface area contributed by atoms with Crippen molar-refractivity contribution in [1.29, 1.82) is 0 Å². The van der Waals surface area contributed by atoms with Crippen LogP contribution in [0.15, 0.2) is 40.9 Å². The maximum Gasteiger partial charge on any atom is 0.140 e. The highest BCUT2D eigenvalue weighted by molar-refractivity contribution is 9.10. The largest absolute Gasteiger partial charge is 0.398 e. The summed E-state index contributed by atoms with van der Waals surface area (Å²) in [6.07, 6.45) is 0. The molecule has 1 heterocycles. The van der Waals surface area contributed by atoms with Crippen LogP contribution in [-0.4, -0.2) is 9.97 Å². The van der Waals surface area contributed by atoms with Crippen molar-refractivity contribution in [2.45, 2.75) is 0 Å². The predicted molar refractivity (Wildman–Crippen MR) is 78.7 cm³/mol. The molecule has 0 atom stereocenters. The summed E-state index contributed by atoms with van der Waals surface area (Å²) in [7, 11) is 0. The number of rotatable bonds is 1. The monoisotopic (exact) mass is 321 g/mol. The molecule has 0 aliphatic rings. The summed E-state index contributed by atoms with van der Waals surface area (Å²) in [4.78, 5) is 7.73. The van der Waals surface area contributed by atoms with Crippen molar-refractivity contribution in [1.82, 2.24) is 9.97 Å². The number of nitrogens with zero attached hydrogens (tertiary/aromatic N) is 1. The maximum atomic E-state index is 5.99. The SMILES string of the molecule is Nc1cc(Br)ccc1-c1nc2ccc(Cl)cc2[nH]1. The topological polar surface area (TPSA) is 54.7 Å². The van der Waals surface area contributed by atoms with Crippen LogP contribution in [0.4, 0.5) is 5.69 Å². The molecule has 5 heteroatoms. The zero-order valence-corrected chi connectivity index (χ0v) is 11.6. The lowest BCUT2D eigenvalue weighted by Crippen LogP contribution is -1.91. The van der Waals surface area contributed by atoms with Crippen molar-refractivity contribution in [3.8, 4) is 11.4 Å². The summed E-state index contributed by atoms with van der Waals surface area (Å²) in [5, 5.41) is 0.682. The summed E-state index contributed by atoms with van der Waals surface area (Å²) in [5.41, 5.74) is 9.32. The van der Waals surface area contributed by atoms with Gasteiger partial charge in [-0.15, -0.1) is 0 Å². The van der Waals surface area contributed by atoms with Crippen LogP contribution in [0.3, 0.4) is 0 Å². The molecule has 3 nitrogen and oxygen atoms in total. The smallest absolute Gasteiger partial charge is 0.140 e. The number of hydrogen-bond acceptors (Lipinski definition) is 2. The van der Waals surface area contributed by atoms with Crippen molar-refractivity contribution in [2.75, 3.05) is 5.73 Å². The van der Waals surface area contributed by atoms with Crippen LogP contribution in [0.25, 0.3) is 22.4 Å². The normalized spacial score (nSPS) is 11.0. The predicted octanol–water partition coefficient (Wildman–Crippen LogP) is 4.23. The van der Waals surface area contributed by atoms with E-state index in [1.807, 2.05) is 36.4 Å². The molecule has 0 spiro atoms. The molecule has 1 aromatic heterocycles. The van der Waals surface area contributed by atoms with E-state index in [-0.39, 0.29) is 0 Å². The lowest BCUT2D eigenvalue weighted by molar-refractivity contribution is 1.34. The van der Waals surface area contributed by atoms with Crippen LogP contribution in [0.5, 0.6) is 0 Å². The Kier molecular flexibility index (Phi) is 2.76. The third-order valence-electron chi connectivity index (χ3n) is 2.71. The molecule has 0 fully saturated rings. The number of nitrogens with one attached hydrogen (secondary N) is 1. The molecule has 0 saturated heterocycles. The zero-order valence-electron chi connectivity index (χ0n) is 9.24. The molecule has 18 heavy (non-hydrogen) atoms. The van der Waals surface area contributed by atoms with Crippen LogP contribution in [0, 0.1) is 0 Å². The standard InChI is InChI=1S/C13H9BrClN3/c14-7-1-3-9(10(16)5-7)13-17-11-4-2-8(15)6-12(11)18-13/h1-6H,16H2,(H,17,18). The van der Waals surface area contributed by atoms with Gasteiger partial charge in [0.15, 0.2) is 0 Å². The second-order valence-corrected chi connectivity index (χ2v) is 5.33. The summed E-state index contributed by atoms with van der Waals surface area (Å²) < 4.78 is 0.947. The van der Waals surface area contributed by atoms with Gasteiger partial charge in [0.1, 0.15) is 5.82 Å².